The van der Waals surface area contributed by atoms with Crippen LogP contribution in [0.4, 0.5) is 0 Å². The second kappa shape index (κ2) is 11.6. The molecule has 3 heterocycles. The number of rotatable bonds is 8. The molecule has 6 rings (SSSR count). The third kappa shape index (κ3) is 5.34. The fourth-order valence-electron chi connectivity index (χ4n) is 5.95. The minimum absolute atomic E-state index is 0.0186. The highest BCUT2D eigenvalue weighted by molar-refractivity contribution is 6.04. The number of carbonyl (C=O) groups is 2. The number of ether oxygens (including phenoxy) is 3. The molecule has 0 unspecified atom stereocenters. The Hall–Kier alpha value is -4.10. The van der Waals surface area contributed by atoms with Crippen LogP contribution in [0, 0.1) is 0 Å². The summed E-state index contributed by atoms with van der Waals surface area (Å²) in [5, 5.41) is 3.40. The third-order valence-electron chi connectivity index (χ3n) is 7.88. The molecule has 0 amide bonds. The van der Waals surface area contributed by atoms with E-state index in [0.29, 0.717) is 48.6 Å². The van der Waals surface area contributed by atoms with Crippen LogP contribution in [-0.4, -0.2) is 31.1 Å². The topological polar surface area (TPSA) is 87.0 Å². The van der Waals surface area contributed by atoms with Gasteiger partial charge < -0.3 is 23.9 Å². The number of para-hydroxylation sites is 1. The second-order valence-electron chi connectivity index (χ2n) is 10.6. The van der Waals surface area contributed by atoms with E-state index in [-0.39, 0.29) is 24.4 Å². The Morgan fingerprint density at radius 1 is 1.02 bits per heavy atom. The zero-order valence-corrected chi connectivity index (χ0v) is 22.6. The largest absolute Gasteiger partial charge is 0.489 e. The monoisotopic (exact) mass is 539 g/mol. The fourth-order valence-corrected chi connectivity index (χ4v) is 5.95. The lowest BCUT2D eigenvalue weighted by atomic mass is 9.72. The zero-order valence-electron chi connectivity index (χ0n) is 22.6. The van der Waals surface area contributed by atoms with Crippen molar-refractivity contribution in [3.05, 3.63) is 112 Å². The van der Waals surface area contributed by atoms with E-state index in [9.17, 15) is 9.59 Å². The molecule has 3 atom stereocenters. The molecule has 7 nitrogen and oxygen atoms in total. The molecule has 1 saturated heterocycles. The van der Waals surface area contributed by atoms with Crippen molar-refractivity contribution in [2.45, 2.75) is 57.2 Å². The Kier molecular flexibility index (Phi) is 7.55. The number of dihydropyridines is 1. The molecule has 40 heavy (non-hydrogen) atoms. The standard InChI is InChI=1S/C33H33NO6/c1-21-30(33(36)40-20-24-11-7-15-37-24)31(25-12-5-6-13-29(25)39-19-22-9-3-2-4-10-22)32-26(34-21)17-23(18-27(32)35)28-14-8-16-38-28/h2-6,8-10,12-14,16,23-24,31,34H,7,11,15,17-20H2,1H3/t23-,24-,31-/m0/s1. The summed E-state index contributed by atoms with van der Waals surface area (Å²) in [4.78, 5) is 27.6. The van der Waals surface area contributed by atoms with Crippen LogP contribution in [-0.2, 0) is 25.7 Å². The van der Waals surface area contributed by atoms with Crippen LogP contribution >= 0.6 is 0 Å². The number of benzene rings is 2. The number of Topliss-reactive ketones (excluding diaryl/α,β-unsaturated/α-hetero) is 1. The van der Waals surface area contributed by atoms with Crippen LogP contribution in [0.1, 0.15) is 61.3 Å². The van der Waals surface area contributed by atoms with E-state index >= 15 is 0 Å². The third-order valence-corrected chi connectivity index (χ3v) is 7.88. The number of ketones is 1. The lowest BCUT2D eigenvalue weighted by Gasteiger charge is -2.36. The Morgan fingerprint density at radius 2 is 1.85 bits per heavy atom. The van der Waals surface area contributed by atoms with Crippen molar-refractivity contribution in [1.29, 1.82) is 0 Å². The van der Waals surface area contributed by atoms with Crippen LogP contribution in [0.5, 0.6) is 5.75 Å². The highest BCUT2D eigenvalue weighted by atomic mass is 16.6. The van der Waals surface area contributed by atoms with E-state index in [1.54, 1.807) is 6.26 Å². The van der Waals surface area contributed by atoms with Crippen LogP contribution < -0.4 is 10.1 Å². The van der Waals surface area contributed by atoms with Gasteiger partial charge in [0.15, 0.2) is 5.78 Å². The maximum absolute atomic E-state index is 13.9. The molecule has 1 aromatic heterocycles. The predicted molar refractivity (Wildman–Crippen MR) is 148 cm³/mol. The van der Waals surface area contributed by atoms with E-state index < -0.39 is 11.9 Å². The summed E-state index contributed by atoms with van der Waals surface area (Å²) in [6, 6.07) is 21.3. The van der Waals surface area contributed by atoms with Crippen molar-refractivity contribution in [2.75, 3.05) is 13.2 Å². The molecular formula is C33H33NO6. The number of allylic oxidation sites excluding steroid dienone is 3. The van der Waals surface area contributed by atoms with Gasteiger partial charge in [-0.1, -0.05) is 48.5 Å². The maximum Gasteiger partial charge on any atom is 0.336 e. The number of hydrogen-bond acceptors (Lipinski definition) is 7. The summed E-state index contributed by atoms with van der Waals surface area (Å²) in [5.41, 5.74) is 4.30. The SMILES string of the molecule is CC1=C(C(=O)OC[C@@H]2CCCO2)[C@H](c2ccccc2OCc2ccccc2)C2=C(C[C@H](c3ccco3)CC2=O)N1. The average molecular weight is 540 g/mol. The fraction of sp³-hybridized carbons (Fsp3) is 0.333. The van der Waals surface area contributed by atoms with E-state index in [1.165, 1.54) is 0 Å². The van der Waals surface area contributed by atoms with Crippen LogP contribution in [0.3, 0.4) is 0 Å². The molecule has 0 spiro atoms. The Bertz CT molecular complexity index is 1430. The van der Waals surface area contributed by atoms with E-state index in [0.717, 1.165) is 35.4 Å². The minimum atomic E-state index is -0.620. The van der Waals surface area contributed by atoms with Gasteiger partial charge in [0.25, 0.3) is 0 Å². The maximum atomic E-state index is 13.9. The molecule has 7 heteroatoms. The average Bonchev–Trinajstić information content (AvgIpc) is 3.70. The van der Waals surface area contributed by atoms with Crippen LogP contribution in [0.25, 0.3) is 0 Å². The van der Waals surface area contributed by atoms with Gasteiger partial charge >= 0.3 is 5.97 Å². The quantitative estimate of drug-likeness (QED) is 0.355. The zero-order chi connectivity index (χ0) is 27.5. The van der Waals surface area contributed by atoms with Gasteiger partial charge in [0, 0.05) is 41.5 Å². The molecule has 2 aromatic carbocycles. The molecule has 0 radical (unpaired) electrons. The number of nitrogens with one attached hydrogen (secondary N) is 1. The summed E-state index contributed by atoms with van der Waals surface area (Å²) in [7, 11) is 0. The molecule has 0 bridgehead atoms. The van der Waals surface area contributed by atoms with Crippen molar-refractivity contribution in [2.24, 2.45) is 0 Å². The van der Waals surface area contributed by atoms with Gasteiger partial charge in [-0.05, 0) is 49.9 Å². The van der Waals surface area contributed by atoms with Crippen molar-refractivity contribution in [3.8, 4) is 5.75 Å². The lowest BCUT2D eigenvalue weighted by molar-refractivity contribution is -0.142. The lowest BCUT2D eigenvalue weighted by Crippen LogP contribution is -2.36. The normalized spacial score (nSPS) is 22.6. The molecule has 1 aliphatic carbocycles. The number of furan rings is 1. The first-order chi connectivity index (χ1) is 19.6. The number of esters is 1. The van der Waals surface area contributed by atoms with Gasteiger partial charge in [0.2, 0.25) is 0 Å². The molecule has 3 aliphatic rings. The van der Waals surface area contributed by atoms with Gasteiger partial charge in [-0.3, -0.25) is 4.79 Å². The highest BCUT2D eigenvalue weighted by Crippen LogP contribution is 2.47. The Labute approximate surface area is 233 Å². The second-order valence-corrected chi connectivity index (χ2v) is 10.6. The summed E-state index contributed by atoms with van der Waals surface area (Å²) < 4.78 is 23.4. The van der Waals surface area contributed by atoms with Gasteiger partial charge in [0.1, 0.15) is 24.7 Å². The van der Waals surface area contributed by atoms with Gasteiger partial charge in [0.05, 0.1) is 23.9 Å². The molecule has 1 fully saturated rings. The predicted octanol–water partition coefficient (Wildman–Crippen LogP) is 5.94. The molecule has 2 aliphatic heterocycles. The van der Waals surface area contributed by atoms with Crippen molar-refractivity contribution < 1.29 is 28.2 Å². The molecule has 1 N–H and O–H groups in total. The highest BCUT2D eigenvalue weighted by Gasteiger charge is 2.43. The smallest absolute Gasteiger partial charge is 0.336 e. The molecule has 0 saturated carbocycles. The molecular weight excluding hydrogens is 506 g/mol. The van der Waals surface area contributed by atoms with Crippen LogP contribution in [0.2, 0.25) is 0 Å². The molecule has 206 valence electrons. The summed E-state index contributed by atoms with van der Waals surface area (Å²) >= 11 is 0. The van der Waals surface area contributed by atoms with Crippen LogP contribution in [0.15, 0.2) is 100.0 Å². The van der Waals surface area contributed by atoms with E-state index in [2.05, 4.69) is 5.32 Å². The van der Waals surface area contributed by atoms with E-state index in [1.807, 2.05) is 73.7 Å². The van der Waals surface area contributed by atoms with Gasteiger partial charge in [-0.15, -0.1) is 0 Å². The van der Waals surface area contributed by atoms with Gasteiger partial charge in [-0.25, -0.2) is 4.79 Å². The van der Waals surface area contributed by atoms with E-state index in [4.69, 9.17) is 18.6 Å². The number of carbonyl (C=O) groups excluding carboxylic acids is 2. The minimum Gasteiger partial charge on any atom is -0.489 e. The van der Waals surface area contributed by atoms with Crippen molar-refractivity contribution in [3.63, 3.8) is 0 Å². The molecule has 3 aromatic rings. The summed E-state index contributed by atoms with van der Waals surface area (Å²) in [6.07, 6.45) is 4.27. The Morgan fingerprint density at radius 3 is 2.62 bits per heavy atom. The first-order valence-electron chi connectivity index (χ1n) is 13.9. The first kappa shape index (κ1) is 26.1. The number of hydrogen-bond donors (Lipinski definition) is 1. The Balaban J connectivity index is 1.37. The van der Waals surface area contributed by atoms with Crippen molar-refractivity contribution in [1.82, 2.24) is 5.32 Å². The first-order valence-corrected chi connectivity index (χ1v) is 13.9. The summed E-state index contributed by atoms with van der Waals surface area (Å²) in [6.45, 7) is 3.11. The van der Waals surface area contributed by atoms with Gasteiger partial charge in [-0.2, -0.15) is 0 Å². The summed E-state index contributed by atoms with van der Waals surface area (Å²) in [5.74, 6) is 0.257. The van der Waals surface area contributed by atoms with Crippen molar-refractivity contribution >= 4 is 11.8 Å².